The van der Waals surface area contributed by atoms with Gasteiger partial charge in [-0.3, -0.25) is 24.2 Å². The van der Waals surface area contributed by atoms with Gasteiger partial charge in [0, 0.05) is 85.6 Å². The van der Waals surface area contributed by atoms with Crippen molar-refractivity contribution < 1.29 is 23.9 Å². The summed E-state index contributed by atoms with van der Waals surface area (Å²) in [7, 11) is 1.58. The molecule has 8 rings (SSSR count). The molecule has 2 N–H and O–H groups in total. The summed E-state index contributed by atoms with van der Waals surface area (Å²) >= 11 is 18.2. The van der Waals surface area contributed by atoms with E-state index in [-0.39, 0.29) is 5.92 Å². The molecule has 0 aliphatic rings. The van der Waals surface area contributed by atoms with Crippen molar-refractivity contribution in [2.75, 3.05) is 17.7 Å². The van der Waals surface area contributed by atoms with Crippen LogP contribution in [0.4, 0.5) is 11.5 Å². The van der Waals surface area contributed by atoms with Gasteiger partial charge in [-0.1, -0.05) is 79.0 Å². The molecule has 0 unspecified atom stereocenters. The van der Waals surface area contributed by atoms with Crippen LogP contribution in [0.1, 0.15) is 63.0 Å². The predicted molar refractivity (Wildman–Crippen MR) is 250 cm³/mol. The van der Waals surface area contributed by atoms with E-state index < -0.39 is 23.4 Å². The summed E-state index contributed by atoms with van der Waals surface area (Å²) in [6.45, 7) is 6.91. The van der Waals surface area contributed by atoms with Crippen LogP contribution in [-0.2, 0) is 22.7 Å². The van der Waals surface area contributed by atoms with Gasteiger partial charge >= 0.3 is 0 Å². The number of carbonyl (C=O) groups is 4. The largest absolute Gasteiger partial charge is 0.497 e. The highest BCUT2D eigenvalue weighted by molar-refractivity contribution is 6.49. The molecule has 4 aromatic heterocycles. The number of pyridine rings is 2. The number of hydrogen-bond acceptors (Lipinski definition) is 7. The zero-order valence-electron chi connectivity index (χ0n) is 34.7. The summed E-state index contributed by atoms with van der Waals surface area (Å²) in [4.78, 5) is 60.2. The molecule has 8 aromatic rings. The van der Waals surface area contributed by atoms with E-state index in [0.29, 0.717) is 73.0 Å². The number of nitrogens with zero attached hydrogens (tertiary/aromatic N) is 4. The van der Waals surface area contributed by atoms with Crippen LogP contribution in [0.25, 0.3) is 21.8 Å². The Hall–Kier alpha value is -6.79. The average molecular weight is 900 g/mol. The van der Waals surface area contributed by atoms with Crippen LogP contribution in [0.2, 0.25) is 15.1 Å². The number of amides is 2. The van der Waals surface area contributed by atoms with Gasteiger partial charge in [0.2, 0.25) is 0 Å². The van der Waals surface area contributed by atoms with Crippen molar-refractivity contribution in [2.24, 2.45) is 0 Å². The zero-order valence-corrected chi connectivity index (χ0v) is 36.9. The highest BCUT2D eigenvalue weighted by atomic mass is 35.5. The number of carbonyl (C=O) groups excluding carboxylic acids is 4. The van der Waals surface area contributed by atoms with Crippen molar-refractivity contribution in [3.63, 3.8) is 0 Å². The minimum Gasteiger partial charge on any atom is -0.497 e. The standard InChI is InChI=1S/C26H24ClN3O3.C23H17Cl2N3O2/c1-16(2)24-23(25(31)26(32)29-19-10-12-28-13-11-19)21-14-20(33-3)8-9-22(21)30(24)15-17-4-6-18(27)7-5-17;1-14-21(22(29)23(30)27-20-4-2-3-11-26-20)18-12-17(25)9-10-19(18)28(14)13-15-5-7-16(24)8-6-15/h4-14,16H,15H2,1-3H3,(H,28,29,32);2-12H,13H2,1H3,(H,26,27,30). The Labute approximate surface area is 378 Å². The lowest BCUT2D eigenvalue weighted by Gasteiger charge is -2.15. The van der Waals surface area contributed by atoms with Crippen LogP contribution >= 0.6 is 34.8 Å². The first kappa shape index (κ1) is 44.3. The van der Waals surface area contributed by atoms with Gasteiger partial charge in [-0.25, -0.2) is 4.98 Å². The first-order chi connectivity index (χ1) is 30.3. The second-order valence-corrected chi connectivity index (χ2v) is 16.2. The van der Waals surface area contributed by atoms with Crippen LogP contribution in [0.15, 0.2) is 134 Å². The Morgan fingerprint density at radius 2 is 1.19 bits per heavy atom. The molecular weight excluding hydrogens is 859 g/mol. The average Bonchev–Trinajstić information content (AvgIpc) is 3.74. The van der Waals surface area contributed by atoms with Crippen LogP contribution in [-0.4, -0.2) is 49.6 Å². The fraction of sp³-hybridized carbons (Fsp3) is 0.143. The van der Waals surface area contributed by atoms with E-state index in [4.69, 9.17) is 39.5 Å². The molecule has 14 heteroatoms. The second-order valence-electron chi connectivity index (χ2n) is 14.9. The maximum absolute atomic E-state index is 13.5. The summed E-state index contributed by atoms with van der Waals surface area (Å²) in [6, 6.07) is 34.4. The molecule has 0 aliphatic carbocycles. The van der Waals surface area contributed by atoms with Crippen molar-refractivity contribution in [2.45, 2.75) is 39.8 Å². The maximum atomic E-state index is 13.5. The van der Waals surface area contributed by atoms with Crippen LogP contribution in [0.3, 0.4) is 0 Å². The summed E-state index contributed by atoms with van der Waals surface area (Å²) in [5.74, 6) is -1.76. The molecule has 0 saturated heterocycles. The van der Waals surface area contributed by atoms with Gasteiger partial charge in [-0.2, -0.15) is 0 Å². The van der Waals surface area contributed by atoms with Crippen molar-refractivity contribution in [1.29, 1.82) is 0 Å². The summed E-state index contributed by atoms with van der Waals surface area (Å²) in [5, 5.41) is 8.36. The van der Waals surface area contributed by atoms with Gasteiger partial charge in [0.1, 0.15) is 11.6 Å². The molecule has 4 heterocycles. The Kier molecular flexibility index (Phi) is 13.7. The Bertz CT molecular complexity index is 2970. The van der Waals surface area contributed by atoms with Gasteiger partial charge < -0.3 is 24.5 Å². The number of rotatable bonds is 12. The number of methoxy groups -OCH3 is 1. The van der Waals surface area contributed by atoms with Crippen molar-refractivity contribution in [3.05, 3.63) is 183 Å². The molecule has 318 valence electrons. The third kappa shape index (κ3) is 9.97. The number of ether oxygens (including phenoxy) is 1. The number of ketones is 2. The highest BCUT2D eigenvalue weighted by Crippen LogP contribution is 2.35. The monoisotopic (exact) mass is 898 g/mol. The lowest BCUT2D eigenvalue weighted by Crippen LogP contribution is -2.24. The minimum atomic E-state index is -0.748. The van der Waals surface area contributed by atoms with Crippen LogP contribution in [0.5, 0.6) is 5.75 Å². The molecule has 0 radical (unpaired) electrons. The van der Waals surface area contributed by atoms with Crippen molar-refractivity contribution in [3.8, 4) is 5.75 Å². The lowest BCUT2D eigenvalue weighted by molar-refractivity contribution is -0.113. The minimum absolute atomic E-state index is 0.0108. The molecule has 2 amide bonds. The van der Waals surface area contributed by atoms with Crippen molar-refractivity contribution >= 4 is 91.5 Å². The molecule has 0 atom stereocenters. The third-order valence-corrected chi connectivity index (χ3v) is 11.1. The molecule has 0 saturated carbocycles. The zero-order chi connectivity index (χ0) is 44.8. The SMILES string of the molecule is COc1ccc2c(c1)c(C(=O)C(=O)Nc1ccncc1)c(C(C)C)n2Cc1ccc(Cl)cc1.Cc1c(C(=O)C(=O)Nc2ccccn2)c2cc(Cl)ccc2n1Cc1ccc(Cl)cc1. The number of benzene rings is 4. The molecule has 63 heavy (non-hydrogen) atoms. The molecule has 4 aromatic carbocycles. The van der Waals surface area contributed by atoms with E-state index in [9.17, 15) is 19.2 Å². The smallest absolute Gasteiger partial charge is 0.298 e. The molecule has 11 nitrogen and oxygen atoms in total. The van der Waals surface area contributed by atoms with Gasteiger partial charge in [0.25, 0.3) is 23.4 Å². The summed E-state index contributed by atoms with van der Waals surface area (Å²) in [6.07, 6.45) is 4.66. The first-order valence-corrected chi connectivity index (χ1v) is 21.0. The second kappa shape index (κ2) is 19.5. The number of fused-ring (bicyclic) bond motifs is 2. The highest BCUT2D eigenvalue weighted by Gasteiger charge is 2.29. The number of nitrogens with one attached hydrogen (secondary N) is 2. The van der Waals surface area contributed by atoms with E-state index >= 15 is 0 Å². The predicted octanol–water partition coefficient (Wildman–Crippen LogP) is 11.2. The number of aromatic nitrogens is 4. The van der Waals surface area contributed by atoms with E-state index in [1.54, 1.807) is 68.2 Å². The fourth-order valence-corrected chi connectivity index (χ4v) is 7.86. The summed E-state index contributed by atoms with van der Waals surface area (Å²) < 4.78 is 9.50. The number of halogens is 3. The van der Waals surface area contributed by atoms with Crippen LogP contribution in [0, 0.1) is 6.92 Å². The lowest BCUT2D eigenvalue weighted by atomic mass is 9.99. The molecule has 0 spiro atoms. The number of hydrogen-bond donors (Lipinski definition) is 2. The van der Waals surface area contributed by atoms with E-state index in [1.807, 2.05) is 98.1 Å². The number of Topliss-reactive ketones (excluding diaryl/α,β-unsaturated/α-hetero) is 2. The molecule has 0 bridgehead atoms. The molecule has 0 aliphatic heterocycles. The topological polar surface area (TPSA) is 137 Å². The Morgan fingerprint density at radius 1 is 0.635 bits per heavy atom. The van der Waals surface area contributed by atoms with Crippen molar-refractivity contribution in [1.82, 2.24) is 19.1 Å². The third-order valence-electron chi connectivity index (χ3n) is 10.4. The first-order valence-electron chi connectivity index (χ1n) is 19.8. The quantitative estimate of drug-likeness (QED) is 0.0920. The van der Waals surface area contributed by atoms with Gasteiger partial charge in [0.05, 0.1) is 18.2 Å². The molecular formula is C49H41Cl3N6O5. The van der Waals surface area contributed by atoms with E-state index in [2.05, 4.69) is 25.2 Å². The summed E-state index contributed by atoms with van der Waals surface area (Å²) in [5.41, 5.74) is 6.44. The van der Waals surface area contributed by atoms with Crippen LogP contribution < -0.4 is 15.4 Å². The molecule has 0 fully saturated rings. The van der Waals surface area contributed by atoms with E-state index in [0.717, 1.165) is 27.9 Å². The normalized spacial score (nSPS) is 11.0. The maximum Gasteiger partial charge on any atom is 0.298 e. The fourth-order valence-electron chi connectivity index (χ4n) is 7.44. The van der Waals surface area contributed by atoms with Gasteiger partial charge in [0.15, 0.2) is 0 Å². The Morgan fingerprint density at radius 3 is 1.79 bits per heavy atom. The van der Waals surface area contributed by atoms with Gasteiger partial charge in [-0.05, 0) is 109 Å². The number of anilines is 2. The Balaban J connectivity index is 0.000000190. The van der Waals surface area contributed by atoms with Gasteiger partial charge in [-0.15, -0.1) is 0 Å². The van der Waals surface area contributed by atoms with E-state index in [1.165, 1.54) is 0 Å².